The van der Waals surface area contributed by atoms with Gasteiger partial charge in [0.05, 0.1) is 0 Å². The molecule has 0 saturated carbocycles. The largest absolute Gasteiger partial charge is 0.372 e. The Labute approximate surface area is 100 Å². The highest BCUT2D eigenvalue weighted by Gasteiger charge is 2.10. The van der Waals surface area contributed by atoms with Crippen molar-refractivity contribution in [2.45, 2.75) is 53.0 Å². The molecule has 0 atom stereocenters. The first-order valence-electron chi connectivity index (χ1n) is 6.33. The van der Waals surface area contributed by atoms with Gasteiger partial charge in [-0.15, -0.1) is 0 Å². The van der Waals surface area contributed by atoms with Crippen LogP contribution in [0.2, 0.25) is 0 Å². The standard InChI is InChI=1S/C15H25N/c1-7-13-10-14(11(2)3)8-9-15(13)16(6)12(4)5/h8-12H,7H2,1-6H3. The highest BCUT2D eigenvalue weighted by Crippen LogP contribution is 2.26. The predicted octanol–water partition coefficient (Wildman–Crippen LogP) is 4.22. The third kappa shape index (κ3) is 2.78. The van der Waals surface area contributed by atoms with Crippen molar-refractivity contribution >= 4 is 5.69 Å². The molecule has 0 amide bonds. The zero-order valence-corrected chi connectivity index (χ0v) is 11.5. The van der Waals surface area contributed by atoms with Gasteiger partial charge in [0, 0.05) is 18.8 Å². The Morgan fingerprint density at radius 1 is 1.12 bits per heavy atom. The Balaban J connectivity index is 3.11. The van der Waals surface area contributed by atoms with Crippen LogP contribution in [-0.4, -0.2) is 13.1 Å². The lowest BCUT2D eigenvalue weighted by atomic mass is 9.98. The van der Waals surface area contributed by atoms with E-state index in [0.29, 0.717) is 12.0 Å². The zero-order valence-electron chi connectivity index (χ0n) is 11.5. The molecular weight excluding hydrogens is 194 g/mol. The van der Waals surface area contributed by atoms with E-state index in [1.54, 1.807) is 0 Å². The third-order valence-electron chi connectivity index (χ3n) is 3.31. The van der Waals surface area contributed by atoms with Gasteiger partial charge < -0.3 is 4.90 Å². The lowest BCUT2D eigenvalue weighted by molar-refractivity contribution is 0.748. The minimum Gasteiger partial charge on any atom is -0.372 e. The predicted molar refractivity (Wildman–Crippen MR) is 73.4 cm³/mol. The maximum atomic E-state index is 2.36. The van der Waals surface area contributed by atoms with Crippen LogP contribution in [-0.2, 0) is 6.42 Å². The van der Waals surface area contributed by atoms with Crippen molar-refractivity contribution in [3.05, 3.63) is 29.3 Å². The molecule has 16 heavy (non-hydrogen) atoms. The van der Waals surface area contributed by atoms with Crippen LogP contribution in [0, 0.1) is 0 Å². The normalized spacial score (nSPS) is 11.2. The van der Waals surface area contributed by atoms with Crippen LogP contribution in [0.3, 0.4) is 0 Å². The number of nitrogens with zero attached hydrogens (tertiary/aromatic N) is 1. The average molecular weight is 219 g/mol. The van der Waals surface area contributed by atoms with Crippen molar-refractivity contribution in [1.82, 2.24) is 0 Å². The van der Waals surface area contributed by atoms with Crippen molar-refractivity contribution in [3.8, 4) is 0 Å². The number of hydrogen-bond donors (Lipinski definition) is 0. The fourth-order valence-electron chi connectivity index (χ4n) is 1.87. The summed E-state index contributed by atoms with van der Waals surface area (Å²) in [6, 6.07) is 7.45. The smallest absolute Gasteiger partial charge is 0.0398 e. The van der Waals surface area contributed by atoms with E-state index >= 15 is 0 Å². The minimum atomic E-state index is 0.551. The SMILES string of the molecule is CCc1cc(C(C)C)ccc1N(C)C(C)C. The molecule has 0 saturated heterocycles. The zero-order chi connectivity index (χ0) is 12.3. The maximum absolute atomic E-state index is 2.36. The maximum Gasteiger partial charge on any atom is 0.0398 e. The van der Waals surface area contributed by atoms with Crippen molar-refractivity contribution in [2.75, 3.05) is 11.9 Å². The molecular formula is C15H25N. The summed E-state index contributed by atoms with van der Waals surface area (Å²) < 4.78 is 0. The Kier molecular flexibility index (Phi) is 4.40. The summed E-state index contributed by atoms with van der Waals surface area (Å²) >= 11 is 0. The molecule has 0 spiro atoms. The Morgan fingerprint density at radius 3 is 2.19 bits per heavy atom. The fraction of sp³-hybridized carbons (Fsp3) is 0.600. The first kappa shape index (κ1) is 13.1. The molecule has 0 heterocycles. The quantitative estimate of drug-likeness (QED) is 0.733. The molecule has 0 aromatic heterocycles. The Morgan fingerprint density at radius 2 is 1.75 bits per heavy atom. The molecule has 0 aliphatic carbocycles. The van der Waals surface area contributed by atoms with Crippen molar-refractivity contribution in [1.29, 1.82) is 0 Å². The molecule has 0 fully saturated rings. The first-order valence-corrected chi connectivity index (χ1v) is 6.33. The van der Waals surface area contributed by atoms with E-state index in [2.05, 4.69) is 64.8 Å². The van der Waals surface area contributed by atoms with Gasteiger partial charge >= 0.3 is 0 Å². The lowest BCUT2D eigenvalue weighted by Gasteiger charge is -2.27. The monoisotopic (exact) mass is 219 g/mol. The summed E-state index contributed by atoms with van der Waals surface area (Å²) in [6.45, 7) is 11.2. The topological polar surface area (TPSA) is 3.24 Å². The van der Waals surface area contributed by atoms with Crippen LogP contribution < -0.4 is 4.90 Å². The van der Waals surface area contributed by atoms with Gasteiger partial charge in [-0.1, -0.05) is 32.9 Å². The van der Waals surface area contributed by atoms with E-state index in [1.807, 2.05) is 0 Å². The summed E-state index contributed by atoms with van der Waals surface area (Å²) in [7, 11) is 2.17. The molecule has 0 unspecified atom stereocenters. The molecule has 0 radical (unpaired) electrons. The number of aryl methyl sites for hydroxylation is 1. The Hall–Kier alpha value is -0.980. The van der Waals surface area contributed by atoms with Crippen LogP contribution in [0.4, 0.5) is 5.69 Å². The molecule has 0 bridgehead atoms. The van der Waals surface area contributed by atoms with Gasteiger partial charge in [0.2, 0.25) is 0 Å². The van der Waals surface area contributed by atoms with Crippen molar-refractivity contribution in [3.63, 3.8) is 0 Å². The van der Waals surface area contributed by atoms with E-state index in [1.165, 1.54) is 16.8 Å². The van der Waals surface area contributed by atoms with Crippen LogP contribution in [0.5, 0.6) is 0 Å². The van der Waals surface area contributed by atoms with Gasteiger partial charge in [-0.3, -0.25) is 0 Å². The number of hydrogen-bond acceptors (Lipinski definition) is 1. The summed E-state index contributed by atoms with van der Waals surface area (Å²) in [6.07, 6.45) is 1.10. The summed E-state index contributed by atoms with van der Waals surface area (Å²) in [5.74, 6) is 0.615. The van der Waals surface area contributed by atoms with E-state index in [0.717, 1.165) is 6.42 Å². The lowest BCUT2D eigenvalue weighted by Crippen LogP contribution is -2.26. The van der Waals surface area contributed by atoms with Crippen LogP contribution >= 0.6 is 0 Å². The number of rotatable bonds is 4. The van der Waals surface area contributed by atoms with Gasteiger partial charge in [0.15, 0.2) is 0 Å². The summed E-state index contributed by atoms with van der Waals surface area (Å²) in [5.41, 5.74) is 4.28. The minimum absolute atomic E-state index is 0.551. The van der Waals surface area contributed by atoms with E-state index in [-0.39, 0.29) is 0 Å². The van der Waals surface area contributed by atoms with Crippen LogP contribution in [0.25, 0.3) is 0 Å². The highest BCUT2D eigenvalue weighted by molar-refractivity contribution is 5.55. The second-order valence-electron chi connectivity index (χ2n) is 5.10. The molecule has 0 aliphatic heterocycles. The summed E-state index contributed by atoms with van der Waals surface area (Å²) in [4.78, 5) is 2.35. The molecule has 1 heteroatoms. The molecule has 1 aromatic rings. The van der Waals surface area contributed by atoms with Crippen molar-refractivity contribution in [2.24, 2.45) is 0 Å². The summed E-state index contributed by atoms with van der Waals surface area (Å²) in [5, 5.41) is 0. The molecule has 1 rings (SSSR count). The third-order valence-corrected chi connectivity index (χ3v) is 3.31. The van der Waals surface area contributed by atoms with Crippen LogP contribution in [0.15, 0.2) is 18.2 Å². The molecule has 1 nitrogen and oxygen atoms in total. The second kappa shape index (κ2) is 5.38. The van der Waals surface area contributed by atoms with Crippen LogP contribution in [0.1, 0.15) is 51.7 Å². The molecule has 1 aromatic carbocycles. The number of anilines is 1. The van der Waals surface area contributed by atoms with E-state index in [4.69, 9.17) is 0 Å². The van der Waals surface area contributed by atoms with Gasteiger partial charge in [-0.25, -0.2) is 0 Å². The molecule has 0 N–H and O–H groups in total. The van der Waals surface area contributed by atoms with Gasteiger partial charge in [-0.05, 0) is 43.4 Å². The highest BCUT2D eigenvalue weighted by atomic mass is 15.1. The first-order chi connectivity index (χ1) is 7.47. The average Bonchev–Trinajstić information content (AvgIpc) is 2.26. The van der Waals surface area contributed by atoms with E-state index < -0.39 is 0 Å². The van der Waals surface area contributed by atoms with E-state index in [9.17, 15) is 0 Å². The van der Waals surface area contributed by atoms with Crippen molar-refractivity contribution < 1.29 is 0 Å². The molecule has 0 aliphatic rings. The number of benzene rings is 1. The van der Waals surface area contributed by atoms with Gasteiger partial charge in [-0.2, -0.15) is 0 Å². The van der Waals surface area contributed by atoms with Gasteiger partial charge in [0.25, 0.3) is 0 Å². The molecule has 90 valence electrons. The Bertz CT molecular complexity index is 339. The second-order valence-corrected chi connectivity index (χ2v) is 5.10. The fourth-order valence-corrected chi connectivity index (χ4v) is 1.87. The van der Waals surface area contributed by atoms with Gasteiger partial charge in [0.1, 0.15) is 0 Å².